The number of nitrogens with zero attached hydrogens (tertiary/aromatic N) is 1. The first kappa shape index (κ1) is 12.9. The highest BCUT2D eigenvalue weighted by Gasteiger charge is 2.46. The Balaban J connectivity index is 1.48. The van der Waals surface area contributed by atoms with Gasteiger partial charge in [-0.1, -0.05) is 12.1 Å². The third-order valence-corrected chi connectivity index (χ3v) is 4.63. The standard InChI is InChI=1S/C16H23NO2/c1-18-15-6-2-4-14(12-15)5-3-9-17-10-7-16(17)8-11-19-13-16/h2,4,6,12H,3,5,7-11,13H2,1H3. The van der Waals surface area contributed by atoms with Gasteiger partial charge in [0.2, 0.25) is 0 Å². The number of hydrogen-bond donors (Lipinski definition) is 0. The minimum absolute atomic E-state index is 0.411. The maximum Gasteiger partial charge on any atom is 0.119 e. The largest absolute Gasteiger partial charge is 0.497 e. The van der Waals surface area contributed by atoms with Crippen molar-refractivity contribution >= 4 is 0 Å². The van der Waals surface area contributed by atoms with Crippen LogP contribution in [0.1, 0.15) is 24.8 Å². The van der Waals surface area contributed by atoms with Crippen LogP contribution in [0, 0.1) is 0 Å². The van der Waals surface area contributed by atoms with E-state index in [4.69, 9.17) is 9.47 Å². The Kier molecular flexibility index (Phi) is 3.76. The monoisotopic (exact) mass is 261 g/mol. The molecule has 19 heavy (non-hydrogen) atoms. The molecule has 0 aliphatic carbocycles. The third kappa shape index (κ3) is 2.63. The third-order valence-electron chi connectivity index (χ3n) is 4.63. The van der Waals surface area contributed by atoms with Gasteiger partial charge in [-0.05, 0) is 49.9 Å². The summed E-state index contributed by atoms with van der Waals surface area (Å²) >= 11 is 0. The van der Waals surface area contributed by atoms with Crippen molar-refractivity contribution in [2.45, 2.75) is 31.2 Å². The summed E-state index contributed by atoms with van der Waals surface area (Å²) in [5.74, 6) is 0.960. The molecule has 2 aliphatic rings. The van der Waals surface area contributed by atoms with E-state index in [2.05, 4.69) is 23.1 Å². The summed E-state index contributed by atoms with van der Waals surface area (Å²) in [5, 5.41) is 0. The summed E-state index contributed by atoms with van der Waals surface area (Å²) in [6, 6.07) is 8.41. The molecule has 1 spiro atoms. The summed E-state index contributed by atoms with van der Waals surface area (Å²) in [7, 11) is 1.73. The Morgan fingerprint density at radius 3 is 3.00 bits per heavy atom. The molecule has 1 unspecified atom stereocenters. The fourth-order valence-corrected chi connectivity index (χ4v) is 3.28. The van der Waals surface area contributed by atoms with Gasteiger partial charge in [-0.15, -0.1) is 0 Å². The number of benzene rings is 1. The molecule has 0 radical (unpaired) electrons. The summed E-state index contributed by atoms with van der Waals surface area (Å²) in [5.41, 5.74) is 1.78. The lowest BCUT2D eigenvalue weighted by Crippen LogP contribution is -2.60. The number of ether oxygens (including phenoxy) is 2. The van der Waals surface area contributed by atoms with Gasteiger partial charge in [0.1, 0.15) is 5.75 Å². The molecule has 1 aromatic rings. The molecule has 1 aromatic carbocycles. The molecule has 3 nitrogen and oxygen atoms in total. The smallest absolute Gasteiger partial charge is 0.119 e. The maximum absolute atomic E-state index is 5.57. The van der Waals surface area contributed by atoms with E-state index in [9.17, 15) is 0 Å². The molecular weight excluding hydrogens is 238 g/mol. The van der Waals surface area contributed by atoms with Crippen LogP contribution in [0.4, 0.5) is 0 Å². The predicted molar refractivity (Wildman–Crippen MR) is 75.7 cm³/mol. The van der Waals surface area contributed by atoms with E-state index < -0.39 is 0 Å². The predicted octanol–water partition coefficient (Wildman–Crippen LogP) is 2.49. The lowest BCUT2D eigenvalue weighted by Gasteiger charge is -2.50. The van der Waals surface area contributed by atoms with Crippen LogP contribution in [0.15, 0.2) is 24.3 Å². The van der Waals surface area contributed by atoms with Gasteiger partial charge in [-0.2, -0.15) is 0 Å². The topological polar surface area (TPSA) is 21.7 Å². The Morgan fingerprint density at radius 1 is 1.37 bits per heavy atom. The molecule has 3 heteroatoms. The van der Waals surface area contributed by atoms with Gasteiger partial charge in [0.05, 0.1) is 13.7 Å². The second-order valence-corrected chi connectivity index (χ2v) is 5.72. The molecule has 2 heterocycles. The van der Waals surface area contributed by atoms with Crippen LogP contribution < -0.4 is 4.74 Å². The first-order valence-electron chi connectivity index (χ1n) is 7.28. The number of rotatable bonds is 5. The molecule has 104 valence electrons. The molecule has 1 atom stereocenters. The molecule has 2 aliphatic heterocycles. The zero-order valence-corrected chi connectivity index (χ0v) is 11.7. The van der Waals surface area contributed by atoms with E-state index in [0.717, 1.165) is 25.4 Å². The van der Waals surface area contributed by atoms with Crippen LogP contribution in [0.3, 0.4) is 0 Å². The quantitative estimate of drug-likeness (QED) is 0.813. The maximum atomic E-state index is 5.57. The SMILES string of the molecule is COc1cccc(CCCN2CCC23CCOC3)c1. The zero-order valence-electron chi connectivity index (χ0n) is 11.7. The highest BCUT2D eigenvalue weighted by molar-refractivity contribution is 5.28. The number of likely N-dealkylation sites (tertiary alicyclic amines) is 1. The van der Waals surface area contributed by atoms with Crippen LogP contribution in [-0.4, -0.2) is 43.9 Å². The molecule has 2 fully saturated rings. The molecule has 0 N–H and O–H groups in total. The van der Waals surface area contributed by atoms with Crippen LogP contribution in [0.25, 0.3) is 0 Å². The van der Waals surface area contributed by atoms with Crippen molar-refractivity contribution in [2.24, 2.45) is 0 Å². The Labute approximate surface area is 115 Å². The second kappa shape index (κ2) is 5.51. The molecule has 0 amide bonds. The summed E-state index contributed by atoms with van der Waals surface area (Å²) < 4.78 is 10.8. The van der Waals surface area contributed by atoms with Crippen LogP contribution in [-0.2, 0) is 11.2 Å². The number of hydrogen-bond acceptors (Lipinski definition) is 3. The lowest BCUT2D eigenvalue weighted by molar-refractivity contribution is -0.0210. The van der Waals surface area contributed by atoms with Crippen LogP contribution in [0.2, 0.25) is 0 Å². The van der Waals surface area contributed by atoms with Crippen molar-refractivity contribution < 1.29 is 9.47 Å². The van der Waals surface area contributed by atoms with Crippen molar-refractivity contribution in [3.05, 3.63) is 29.8 Å². The second-order valence-electron chi connectivity index (χ2n) is 5.72. The zero-order chi connectivity index (χ0) is 13.1. The molecule has 2 saturated heterocycles. The van der Waals surface area contributed by atoms with Gasteiger partial charge in [0, 0.05) is 18.7 Å². The Bertz CT molecular complexity index is 427. The fraction of sp³-hybridized carbons (Fsp3) is 0.625. The van der Waals surface area contributed by atoms with Gasteiger partial charge in [-0.25, -0.2) is 0 Å². The van der Waals surface area contributed by atoms with E-state index in [1.807, 2.05) is 6.07 Å². The minimum atomic E-state index is 0.411. The van der Waals surface area contributed by atoms with E-state index in [1.165, 1.54) is 37.9 Å². The van der Waals surface area contributed by atoms with E-state index in [-0.39, 0.29) is 0 Å². The first-order chi connectivity index (χ1) is 9.32. The van der Waals surface area contributed by atoms with Crippen molar-refractivity contribution in [3.63, 3.8) is 0 Å². The Morgan fingerprint density at radius 2 is 2.32 bits per heavy atom. The normalized spacial score (nSPS) is 26.6. The van der Waals surface area contributed by atoms with E-state index in [1.54, 1.807) is 7.11 Å². The number of aryl methyl sites for hydroxylation is 1. The molecule has 3 rings (SSSR count). The van der Waals surface area contributed by atoms with Gasteiger partial charge in [0.25, 0.3) is 0 Å². The summed E-state index contributed by atoms with van der Waals surface area (Å²) in [4.78, 5) is 2.63. The molecule has 0 aromatic heterocycles. The van der Waals surface area contributed by atoms with Crippen molar-refractivity contribution in [1.29, 1.82) is 0 Å². The first-order valence-corrected chi connectivity index (χ1v) is 7.28. The van der Waals surface area contributed by atoms with Gasteiger partial charge >= 0.3 is 0 Å². The van der Waals surface area contributed by atoms with Crippen LogP contribution in [0.5, 0.6) is 5.75 Å². The number of methoxy groups -OCH3 is 1. The minimum Gasteiger partial charge on any atom is -0.497 e. The van der Waals surface area contributed by atoms with Crippen molar-refractivity contribution in [3.8, 4) is 5.75 Å². The van der Waals surface area contributed by atoms with Gasteiger partial charge in [-0.3, -0.25) is 4.90 Å². The average molecular weight is 261 g/mol. The van der Waals surface area contributed by atoms with Gasteiger partial charge in [0.15, 0.2) is 0 Å². The Hall–Kier alpha value is -1.06. The van der Waals surface area contributed by atoms with Crippen molar-refractivity contribution in [1.82, 2.24) is 4.90 Å². The van der Waals surface area contributed by atoms with E-state index in [0.29, 0.717) is 5.54 Å². The highest BCUT2D eigenvalue weighted by Crippen LogP contribution is 2.37. The lowest BCUT2D eigenvalue weighted by atomic mass is 9.83. The summed E-state index contributed by atoms with van der Waals surface area (Å²) in [6.07, 6.45) is 4.90. The summed E-state index contributed by atoms with van der Waals surface area (Å²) in [6.45, 7) is 4.35. The molecule has 0 bridgehead atoms. The van der Waals surface area contributed by atoms with Crippen molar-refractivity contribution in [2.75, 3.05) is 33.4 Å². The highest BCUT2D eigenvalue weighted by atomic mass is 16.5. The average Bonchev–Trinajstić information content (AvgIpc) is 2.94. The van der Waals surface area contributed by atoms with E-state index >= 15 is 0 Å². The van der Waals surface area contributed by atoms with Gasteiger partial charge < -0.3 is 9.47 Å². The van der Waals surface area contributed by atoms with Crippen LogP contribution >= 0.6 is 0 Å². The fourth-order valence-electron chi connectivity index (χ4n) is 3.28. The molecule has 0 saturated carbocycles. The molecular formula is C16H23NO2.